The molecule has 0 saturated heterocycles. The Bertz CT molecular complexity index is 39.2. The molecule has 0 aliphatic rings. The van der Waals surface area contributed by atoms with E-state index in [9.17, 15) is 0 Å². The molecule has 0 aromatic rings. The van der Waals surface area contributed by atoms with E-state index in [0.717, 1.165) is 0 Å². The largest absolute Gasteiger partial charge is 0.696 e. The second-order valence-electron chi connectivity index (χ2n) is 0.0913. The van der Waals surface area contributed by atoms with E-state index in [2.05, 4.69) is 12.6 Å². The van der Waals surface area contributed by atoms with Crippen molar-refractivity contribution in [1.29, 1.82) is 5.26 Å². The molecule has 0 aliphatic heterocycles. The van der Waals surface area contributed by atoms with Gasteiger partial charge in [0, 0.05) is 40.4 Å². The van der Waals surface area contributed by atoms with Gasteiger partial charge in [-0.1, -0.05) is 5.40 Å². The minimum atomic E-state index is 0. The summed E-state index contributed by atoms with van der Waals surface area (Å²) in [6.07, 6.45) is 0. The van der Waals surface area contributed by atoms with Gasteiger partial charge in [-0.15, -0.1) is 0 Å². The predicted octanol–water partition coefficient (Wildman–Crippen LogP) is -4.93. The van der Waals surface area contributed by atoms with Crippen LogP contribution < -0.4 is 0 Å². The molecule has 0 aromatic carbocycles. The maximum Gasteiger partial charge on any atom is 0 e. The Morgan fingerprint density at radius 2 is 0.800 bits per heavy atom. The summed E-state index contributed by atoms with van der Waals surface area (Å²) in [5, 5.41) is 8.47. The third-order valence-electron chi connectivity index (χ3n) is 0. The van der Waals surface area contributed by atoms with E-state index >= 15 is 0 Å². The van der Waals surface area contributed by atoms with E-state index in [1.54, 1.807) is 0 Å². The van der Waals surface area contributed by atoms with Crippen LogP contribution in [0.3, 0.4) is 0 Å². The molecule has 0 atom stereocenters. The van der Waals surface area contributed by atoms with Crippen molar-refractivity contribution in [3.8, 4) is 5.40 Å². The van der Waals surface area contributed by atoms with Crippen LogP contribution in [-0.2, 0) is 12.6 Å². The molecule has 70 valence electrons. The molecule has 0 spiro atoms. The summed E-state index contributed by atoms with van der Waals surface area (Å²) in [5.41, 5.74) is 0. The van der Waals surface area contributed by atoms with E-state index in [-0.39, 0.29) is 73.2 Å². The number of nitriles is 1. The van der Waals surface area contributed by atoms with E-state index in [4.69, 9.17) is 5.26 Å². The zero-order chi connectivity index (χ0) is 2.71. The molecular weight excluding hydrogens is 304 g/mol. The summed E-state index contributed by atoms with van der Waals surface area (Å²) in [5.74, 6) is 0. The van der Waals surface area contributed by atoms with Crippen LogP contribution in [0.1, 0.15) is 0 Å². The van der Waals surface area contributed by atoms with Crippen molar-refractivity contribution in [3.05, 3.63) is 0 Å². The van der Waals surface area contributed by atoms with Crippen molar-refractivity contribution in [2.75, 3.05) is 0 Å². The maximum absolute atomic E-state index is 7.13. The quantitative estimate of drug-likeness (QED) is 0.317. The Morgan fingerprint density at radius 3 is 0.800 bits per heavy atom. The first kappa shape index (κ1) is 132. The molecule has 0 heterocycles. The molecule has 0 amide bonds. The number of nitrogens with zero attached hydrogens (tertiary/aromatic N) is 1. The summed E-state index contributed by atoms with van der Waals surface area (Å²) in [6.45, 7) is 0. The van der Waals surface area contributed by atoms with E-state index < -0.39 is 0 Å². The van der Waals surface area contributed by atoms with Crippen molar-refractivity contribution in [2.45, 2.75) is 0 Å². The van der Waals surface area contributed by atoms with Crippen LogP contribution in [0, 0.1) is 51.1 Å². The molecule has 0 rings (SSSR count). The molecule has 0 bridgehead atoms. The van der Waals surface area contributed by atoms with Crippen LogP contribution in [0.25, 0.3) is 0 Å². The summed E-state index contributed by atoms with van der Waals surface area (Å²) >= 11 is 3.70. The van der Waals surface area contributed by atoms with Crippen molar-refractivity contribution < 1.29 is 73.2 Å². The fourth-order valence-electron chi connectivity index (χ4n) is 0. The average molecular weight is 317 g/mol. The van der Waals surface area contributed by atoms with Crippen molar-refractivity contribution in [3.63, 3.8) is 0 Å². The van der Waals surface area contributed by atoms with Gasteiger partial charge in [0.2, 0.25) is 0 Å². The molecular formula is CH12NO6SSm-. The van der Waals surface area contributed by atoms with Crippen LogP contribution in [0.2, 0.25) is 0 Å². The normalized spacial score (nSPS) is 0.700. The fourth-order valence-corrected chi connectivity index (χ4v) is 0. The number of rotatable bonds is 0. The Hall–Kier alpha value is 0.808. The first-order chi connectivity index (χ1) is 1.41. The van der Waals surface area contributed by atoms with Crippen molar-refractivity contribution in [2.24, 2.45) is 0 Å². The SMILES string of the molecule is N#C[S-].O.O.O.O.O.O.[Sm]. The van der Waals surface area contributed by atoms with E-state index in [0.29, 0.717) is 0 Å². The molecule has 7 nitrogen and oxygen atoms in total. The number of hydrogen-bond donors (Lipinski definition) is 0. The van der Waals surface area contributed by atoms with Crippen LogP contribution in [0.4, 0.5) is 0 Å². The summed E-state index contributed by atoms with van der Waals surface area (Å²) in [4.78, 5) is 0. The molecule has 0 aromatic heterocycles. The number of hydrogen-bond acceptors (Lipinski definition) is 2. The van der Waals surface area contributed by atoms with Crippen LogP contribution in [-0.4, -0.2) is 32.9 Å². The summed E-state index contributed by atoms with van der Waals surface area (Å²) in [6, 6.07) is 0. The molecule has 0 aliphatic carbocycles. The topological polar surface area (TPSA) is 213 Å². The van der Waals surface area contributed by atoms with Gasteiger partial charge >= 0.3 is 0 Å². The van der Waals surface area contributed by atoms with Gasteiger partial charge in [0.15, 0.2) is 0 Å². The minimum absolute atomic E-state index is 0. The zero-order valence-electron chi connectivity index (χ0n) is 4.76. The Labute approximate surface area is 95.8 Å². The van der Waals surface area contributed by atoms with Gasteiger partial charge in [0.25, 0.3) is 0 Å². The first-order valence-corrected chi connectivity index (χ1v) is 0.836. The molecule has 12 N–H and O–H groups in total. The van der Waals surface area contributed by atoms with Gasteiger partial charge in [-0.25, -0.2) is 5.26 Å². The fraction of sp³-hybridized carbons (Fsp3) is 0. The van der Waals surface area contributed by atoms with Gasteiger partial charge in [-0.3, -0.25) is 0 Å². The molecule has 10 heavy (non-hydrogen) atoms. The molecule has 9 heteroatoms. The average Bonchev–Trinajstić information content (AvgIpc) is 0.918. The smallest absolute Gasteiger partial charge is 0 e. The molecule has 0 unspecified atom stereocenters. The van der Waals surface area contributed by atoms with Gasteiger partial charge in [0.1, 0.15) is 0 Å². The van der Waals surface area contributed by atoms with E-state index in [1.807, 2.05) is 0 Å². The molecule has 0 saturated carbocycles. The third-order valence-corrected chi connectivity index (χ3v) is 0. The first-order valence-electron chi connectivity index (χ1n) is 0.428. The van der Waals surface area contributed by atoms with Crippen LogP contribution in [0.15, 0.2) is 0 Å². The second-order valence-corrected chi connectivity index (χ2v) is 0.274. The van der Waals surface area contributed by atoms with Gasteiger partial charge in [-0.05, 0) is 0 Å². The monoisotopic (exact) mass is 318 g/mol. The zero-order valence-corrected chi connectivity index (χ0v) is 8.20. The van der Waals surface area contributed by atoms with Crippen molar-refractivity contribution >= 4 is 12.6 Å². The minimum Gasteiger partial charge on any atom is -0.696 e. The maximum atomic E-state index is 7.13. The Morgan fingerprint density at radius 1 is 0.800 bits per heavy atom. The van der Waals surface area contributed by atoms with Gasteiger partial charge in [-0.2, -0.15) is 0 Å². The van der Waals surface area contributed by atoms with Crippen LogP contribution >= 0.6 is 0 Å². The standard InChI is InChI=1S/CHNS.6H2O.Sm/c2-1-3;;;;;;;/h3H;6*1H2;/p-1. The Balaban J connectivity index is -0.000000000952. The number of thiocyanates is 1. The molecule has 0 fully saturated rings. The second kappa shape index (κ2) is 233. The van der Waals surface area contributed by atoms with Gasteiger partial charge < -0.3 is 45.5 Å². The van der Waals surface area contributed by atoms with E-state index in [1.165, 1.54) is 5.40 Å². The van der Waals surface area contributed by atoms with Crippen LogP contribution in [0.5, 0.6) is 0 Å². The van der Waals surface area contributed by atoms with Crippen molar-refractivity contribution in [1.82, 2.24) is 0 Å². The summed E-state index contributed by atoms with van der Waals surface area (Å²) < 4.78 is 0. The Kier molecular flexibility index (Phi) is 3070. The predicted molar refractivity (Wildman–Crippen MR) is 34.7 cm³/mol. The van der Waals surface area contributed by atoms with Gasteiger partial charge in [0.05, 0.1) is 0 Å². The summed E-state index contributed by atoms with van der Waals surface area (Å²) in [7, 11) is 0. The molecule has 0 radical (unpaired) electrons. The third kappa shape index (κ3) is 823.